The maximum Gasteiger partial charge on any atom is 0.277 e. The van der Waals surface area contributed by atoms with Crippen LogP contribution in [0.4, 0.5) is 0 Å². The summed E-state index contributed by atoms with van der Waals surface area (Å²) in [6, 6.07) is 10.9. The van der Waals surface area contributed by atoms with Crippen molar-refractivity contribution in [1.29, 1.82) is 0 Å². The van der Waals surface area contributed by atoms with Gasteiger partial charge in [-0.3, -0.25) is 9.59 Å². The molecule has 0 saturated carbocycles. The Kier molecular flexibility index (Phi) is 5.12. The average molecular weight is 430 g/mol. The fourth-order valence-corrected chi connectivity index (χ4v) is 4.18. The number of ether oxygens (including phenoxy) is 2. The summed E-state index contributed by atoms with van der Waals surface area (Å²) in [5.41, 5.74) is 0.0501. The molecule has 30 heavy (non-hydrogen) atoms. The number of amides is 1. The van der Waals surface area contributed by atoms with Crippen LogP contribution < -0.4 is 15.0 Å². The highest BCUT2D eigenvalue weighted by molar-refractivity contribution is 7.89. The third kappa shape index (κ3) is 3.59. The summed E-state index contributed by atoms with van der Waals surface area (Å²) in [7, 11) is -2.93. The Labute approximate surface area is 171 Å². The standard InChI is InChI=1S/C19H18N4O6S/c1-22(30(26,27)13-6-7-16-17(12-13)29-11-10-28-16)18(24)8-9-23-19(25)14-4-2-3-5-15(14)20-21-23/h2-7,12H,8-11H2,1H3. The molecular weight excluding hydrogens is 412 g/mol. The number of hydrogen-bond donors (Lipinski definition) is 0. The maximum atomic E-state index is 12.8. The minimum atomic E-state index is -4.10. The van der Waals surface area contributed by atoms with E-state index >= 15 is 0 Å². The molecule has 4 rings (SSSR count). The van der Waals surface area contributed by atoms with Gasteiger partial charge in [-0.15, -0.1) is 5.10 Å². The van der Waals surface area contributed by atoms with E-state index in [-0.39, 0.29) is 17.9 Å². The molecule has 0 bridgehead atoms. The Morgan fingerprint density at radius 2 is 1.87 bits per heavy atom. The molecule has 0 fully saturated rings. The highest BCUT2D eigenvalue weighted by Gasteiger charge is 2.27. The molecule has 0 atom stereocenters. The van der Waals surface area contributed by atoms with Crippen molar-refractivity contribution in [2.75, 3.05) is 20.3 Å². The van der Waals surface area contributed by atoms with Crippen molar-refractivity contribution in [2.24, 2.45) is 0 Å². The average Bonchev–Trinajstić information content (AvgIpc) is 2.77. The lowest BCUT2D eigenvalue weighted by molar-refractivity contribution is -0.125. The predicted octanol–water partition coefficient (Wildman–Crippen LogP) is 0.800. The summed E-state index contributed by atoms with van der Waals surface area (Å²) >= 11 is 0. The van der Waals surface area contributed by atoms with E-state index in [0.717, 1.165) is 4.68 Å². The SMILES string of the molecule is CN(C(=O)CCn1nnc2ccccc2c1=O)S(=O)(=O)c1ccc2c(c1)OCCO2. The lowest BCUT2D eigenvalue weighted by Gasteiger charge is -2.21. The van der Waals surface area contributed by atoms with Gasteiger partial charge in [-0.25, -0.2) is 17.4 Å². The van der Waals surface area contributed by atoms with Gasteiger partial charge in [-0.05, 0) is 24.3 Å². The van der Waals surface area contributed by atoms with Crippen molar-refractivity contribution in [1.82, 2.24) is 19.3 Å². The van der Waals surface area contributed by atoms with Crippen LogP contribution in [0.5, 0.6) is 11.5 Å². The molecular formula is C19H18N4O6S. The summed E-state index contributed by atoms with van der Waals surface area (Å²) in [6.45, 7) is 0.595. The molecule has 0 aliphatic carbocycles. The second-order valence-electron chi connectivity index (χ2n) is 6.56. The van der Waals surface area contributed by atoms with Crippen LogP contribution in [0.2, 0.25) is 0 Å². The van der Waals surface area contributed by atoms with E-state index < -0.39 is 21.5 Å². The van der Waals surface area contributed by atoms with E-state index in [0.29, 0.717) is 39.9 Å². The van der Waals surface area contributed by atoms with Gasteiger partial charge in [0.15, 0.2) is 11.5 Å². The zero-order valence-corrected chi connectivity index (χ0v) is 16.8. The van der Waals surface area contributed by atoms with Crippen LogP contribution in [0.15, 0.2) is 52.2 Å². The maximum absolute atomic E-state index is 12.8. The molecule has 0 N–H and O–H groups in total. The molecule has 10 nitrogen and oxygen atoms in total. The number of nitrogens with zero attached hydrogens (tertiary/aromatic N) is 4. The summed E-state index contributed by atoms with van der Waals surface area (Å²) in [5, 5.41) is 8.13. The van der Waals surface area contributed by atoms with Crippen LogP contribution in [0, 0.1) is 0 Å². The Bertz CT molecular complexity index is 1290. The van der Waals surface area contributed by atoms with Crippen molar-refractivity contribution >= 4 is 26.8 Å². The third-order valence-electron chi connectivity index (χ3n) is 4.69. The van der Waals surface area contributed by atoms with Crippen LogP contribution in [0.3, 0.4) is 0 Å². The molecule has 2 aromatic carbocycles. The van der Waals surface area contributed by atoms with Gasteiger partial charge in [0.05, 0.1) is 16.8 Å². The van der Waals surface area contributed by atoms with E-state index in [9.17, 15) is 18.0 Å². The van der Waals surface area contributed by atoms with E-state index in [2.05, 4.69) is 10.3 Å². The predicted molar refractivity (Wildman–Crippen MR) is 106 cm³/mol. The van der Waals surface area contributed by atoms with Crippen LogP contribution >= 0.6 is 0 Å². The minimum Gasteiger partial charge on any atom is -0.486 e. The quantitative estimate of drug-likeness (QED) is 0.583. The summed E-state index contributed by atoms with van der Waals surface area (Å²) in [6.07, 6.45) is -0.243. The van der Waals surface area contributed by atoms with Gasteiger partial charge in [-0.1, -0.05) is 17.3 Å². The first-order chi connectivity index (χ1) is 14.4. The summed E-state index contributed by atoms with van der Waals surface area (Å²) in [5.74, 6) is 0.0661. The van der Waals surface area contributed by atoms with Gasteiger partial charge in [0.2, 0.25) is 5.91 Å². The second-order valence-corrected chi connectivity index (χ2v) is 8.53. The van der Waals surface area contributed by atoms with Gasteiger partial charge < -0.3 is 9.47 Å². The molecule has 0 saturated heterocycles. The number of carbonyl (C=O) groups is 1. The molecule has 1 aromatic heterocycles. The number of carbonyl (C=O) groups excluding carboxylic acids is 1. The number of benzene rings is 2. The first-order valence-corrected chi connectivity index (χ1v) is 10.6. The monoisotopic (exact) mass is 430 g/mol. The second kappa shape index (κ2) is 7.75. The molecule has 0 radical (unpaired) electrons. The Morgan fingerprint density at radius 3 is 2.67 bits per heavy atom. The van der Waals surface area contributed by atoms with Gasteiger partial charge in [0, 0.05) is 19.5 Å². The van der Waals surface area contributed by atoms with E-state index in [1.54, 1.807) is 24.3 Å². The van der Waals surface area contributed by atoms with Crippen LogP contribution in [0.25, 0.3) is 10.9 Å². The molecule has 1 amide bonds. The lowest BCUT2D eigenvalue weighted by Crippen LogP contribution is -2.35. The van der Waals surface area contributed by atoms with E-state index in [1.807, 2.05) is 0 Å². The van der Waals surface area contributed by atoms with Crippen molar-refractivity contribution in [3.05, 3.63) is 52.8 Å². The van der Waals surface area contributed by atoms with Gasteiger partial charge in [0.1, 0.15) is 18.7 Å². The molecule has 0 spiro atoms. The van der Waals surface area contributed by atoms with E-state index in [1.165, 1.54) is 25.2 Å². The Balaban J connectivity index is 1.51. The topological polar surface area (TPSA) is 121 Å². The number of aromatic nitrogens is 3. The molecule has 1 aliphatic rings. The molecule has 11 heteroatoms. The van der Waals surface area contributed by atoms with Gasteiger partial charge in [-0.2, -0.15) is 0 Å². The number of rotatable bonds is 5. The zero-order valence-electron chi connectivity index (χ0n) is 16.0. The largest absolute Gasteiger partial charge is 0.486 e. The normalized spacial score (nSPS) is 13.2. The minimum absolute atomic E-state index is 0.0923. The number of aryl methyl sites for hydroxylation is 1. The highest BCUT2D eigenvalue weighted by Crippen LogP contribution is 2.33. The first kappa shape index (κ1) is 19.8. The first-order valence-electron chi connectivity index (χ1n) is 9.12. The van der Waals surface area contributed by atoms with Crippen molar-refractivity contribution in [3.8, 4) is 11.5 Å². The van der Waals surface area contributed by atoms with Crippen molar-refractivity contribution < 1.29 is 22.7 Å². The Hall–Kier alpha value is -3.47. The highest BCUT2D eigenvalue weighted by atomic mass is 32.2. The smallest absolute Gasteiger partial charge is 0.277 e. The van der Waals surface area contributed by atoms with Crippen molar-refractivity contribution in [2.45, 2.75) is 17.9 Å². The van der Waals surface area contributed by atoms with Crippen molar-refractivity contribution in [3.63, 3.8) is 0 Å². The van der Waals surface area contributed by atoms with Gasteiger partial charge >= 0.3 is 0 Å². The number of fused-ring (bicyclic) bond motifs is 2. The fraction of sp³-hybridized carbons (Fsp3) is 0.263. The Morgan fingerprint density at radius 1 is 1.13 bits per heavy atom. The van der Waals surface area contributed by atoms with Crippen LogP contribution in [0.1, 0.15) is 6.42 Å². The van der Waals surface area contributed by atoms with Crippen LogP contribution in [-0.2, 0) is 21.4 Å². The van der Waals surface area contributed by atoms with E-state index in [4.69, 9.17) is 9.47 Å². The van der Waals surface area contributed by atoms with Gasteiger partial charge in [0.25, 0.3) is 15.6 Å². The molecule has 2 heterocycles. The molecule has 1 aliphatic heterocycles. The number of sulfonamides is 1. The zero-order chi connectivity index (χ0) is 21.3. The lowest BCUT2D eigenvalue weighted by atomic mass is 10.2. The molecule has 156 valence electrons. The third-order valence-corrected chi connectivity index (χ3v) is 6.46. The summed E-state index contributed by atoms with van der Waals surface area (Å²) < 4.78 is 38.1. The fourth-order valence-electron chi connectivity index (χ4n) is 3.01. The summed E-state index contributed by atoms with van der Waals surface area (Å²) in [4.78, 5) is 24.9. The molecule has 3 aromatic rings. The number of hydrogen-bond acceptors (Lipinski definition) is 8. The molecule has 0 unspecified atom stereocenters. The van der Waals surface area contributed by atoms with Crippen LogP contribution in [-0.4, -0.2) is 53.9 Å².